The van der Waals surface area contributed by atoms with Gasteiger partial charge in [0.25, 0.3) is 0 Å². The van der Waals surface area contributed by atoms with Crippen LogP contribution in [0.4, 0.5) is 4.79 Å². The van der Waals surface area contributed by atoms with Crippen LogP contribution in [-0.4, -0.2) is 32.3 Å². The van der Waals surface area contributed by atoms with Crippen molar-refractivity contribution in [2.75, 3.05) is 6.54 Å². The highest BCUT2D eigenvalue weighted by atomic mass is 16.4. The fraction of sp³-hybridized carbons (Fsp3) is 0.125. The summed E-state index contributed by atoms with van der Waals surface area (Å²) in [6, 6.07) is 11.7. The Balaban J connectivity index is 1.95. The van der Waals surface area contributed by atoms with Crippen LogP contribution in [0.1, 0.15) is 11.1 Å². The number of aromatic nitrogens is 3. The lowest BCUT2D eigenvalue weighted by Gasteiger charge is -2.07. The number of hydrogen-bond acceptors (Lipinski definition) is 4. The van der Waals surface area contributed by atoms with Crippen molar-refractivity contribution in [3.63, 3.8) is 0 Å². The van der Waals surface area contributed by atoms with Crippen LogP contribution in [-0.2, 0) is 6.42 Å². The summed E-state index contributed by atoms with van der Waals surface area (Å²) in [7, 11) is 0. The van der Waals surface area contributed by atoms with Crippen molar-refractivity contribution in [1.82, 2.24) is 19.9 Å². The van der Waals surface area contributed by atoms with Gasteiger partial charge in [-0.25, -0.2) is 14.3 Å². The summed E-state index contributed by atoms with van der Waals surface area (Å²) in [5.41, 5.74) is 3.70. The van der Waals surface area contributed by atoms with Gasteiger partial charge in [0.15, 0.2) is 5.65 Å². The normalized spacial score (nSPS) is 10.4. The molecular weight excluding hydrogens is 294 g/mol. The van der Waals surface area contributed by atoms with E-state index in [1.165, 1.54) is 6.20 Å². The van der Waals surface area contributed by atoms with Crippen LogP contribution >= 0.6 is 0 Å². The summed E-state index contributed by atoms with van der Waals surface area (Å²) in [5.74, 6) is 0. The van der Waals surface area contributed by atoms with E-state index in [0.29, 0.717) is 24.2 Å². The van der Waals surface area contributed by atoms with E-state index in [9.17, 15) is 4.79 Å². The molecule has 0 aliphatic rings. The molecule has 23 heavy (non-hydrogen) atoms. The van der Waals surface area contributed by atoms with E-state index in [-0.39, 0.29) is 0 Å². The molecule has 2 N–H and O–H groups in total. The van der Waals surface area contributed by atoms with E-state index in [2.05, 4.69) is 21.5 Å². The maximum Gasteiger partial charge on any atom is 0.404 e. The summed E-state index contributed by atoms with van der Waals surface area (Å²) in [5, 5.41) is 24.3. The zero-order valence-corrected chi connectivity index (χ0v) is 12.1. The van der Waals surface area contributed by atoms with Gasteiger partial charge >= 0.3 is 6.09 Å². The number of amides is 1. The molecular formula is C16H13N5O2. The Kier molecular flexibility index (Phi) is 3.89. The molecule has 2 heterocycles. The Bertz CT molecular complexity index is 910. The molecule has 1 amide bonds. The molecule has 0 atom stereocenters. The molecule has 0 bridgehead atoms. The van der Waals surface area contributed by atoms with Crippen LogP contribution in [0.5, 0.6) is 0 Å². The largest absolute Gasteiger partial charge is 0.465 e. The number of nitrogens with one attached hydrogen (secondary N) is 1. The van der Waals surface area contributed by atoms with Crippen LogP contribution < -0.4 is 5.32 Å². The van der Waals surface area contributed by atoms with Gasteiger partial charge in [0.05, 0.1) is 11.9 Å². The van der Waals surface area contributed by atoms with Gasteiger partial charge in [-0.15, -0.1) is 0 Å². The number of fused-ring (bicyclic) bond motifs is 1. The monoisotopic (exact) mass is 307 g/mol. The second-order valence-corrected chi connectivity index (χ2v) is 4.92. The van der Waals surface area contributed by atoms with Gasteiger partial charge in [0.2, 0.25) is 0 Å². The minimum absolute atomic E-state index is 0.352. The minimum atomic E-state index is -1.03. The third-order valence-corrected chi connectivity index (χ3v) is 3.43. The first-order chi connectivity index (χ1) is 11.2. The van der Waals surface area contributed by atoms with E-state index in [1.54, 1.807) is 10.7 Å². The third kappa shape index (κ3) is 2.96. The Labute approximate surface area is 131 Å². The molecule has 0 aliphatic heterocycles. The Morgan fingerprint density at radius 1 is 1.39 bits per heavy atom. The second kappa shape index (κ2) is 6.15. The standard InChI is InChI=1S/C16H13N5O2/c17-9-13-10-20-21-14(5-7-18-15(13)21)12-3-1-2-11(8-12)4-6-19-16(22)23/h1-3,5,7-8,10,19H,4,6H2,(H,22,23). The summed E-state index contributed by atoms with van der Waals surface area (Å²) in [6.45, 7) is 0.352. The maximum atomic E-state index is 10.5. The van der Waals surface area contributed by atoms with Crippen molar-refractivity contribution >= 4 is 11.7 Å². The molecule has 0 saturated carbocycles. The summed E-state index contributed by atoms with van der Waals surface area (Å²) in [6.07, 6.45) is 2.70. The molecule has 0 fully saturated rings. The third-order valence-electron chi connectivity index (χ3n) is 3.43. The molecule has 3 aromatic rings. The van der Waals surface area contributed by atoms with Gasteiger partial charge in [-0.05, 0) is 24.1 Å². The molecule has 7 nitrogen and oxygen atoms in total. The number of benzene rings is 1. The lowest BCUT2D eigenvalue weighted by molar-refractivity contribution is 0.194. The molecule has 0 saturated heterocycles. The van der Waals surface area contributed by atoms with Crippen LogP contribution in [0.3, 0.4) is 0 Å². The first kappa shape index (κ1) is 14.5. The fourth-order valence-electron chi connectivity index (χ4n) is 2.39. The highest BCUT2D eigenvalue weighted by Gasteiger charge is 2.10. The number of nitrogens with zero attached hydrogens (tertiary/aromatic N) is 4. The summed E-state index contributed by atoms with van der Waals surface area (Å²) < 4.78 is 1.63. The highest BCUT2D eigenvalue weighted by molar-refractivity contribution is 5.66. The average Bonchev–Trinajstić information content (AvgIpc) is 2.98. The SMILES string of the molecule is N#Cc1cnn2c(-c3cccc(CCNC(=O)O)c3)ccnc12. The minimum Gasteiger partial charge on any atom is -0.465 e. The van der Waals surface area contributed by atoms with E-state index in [1.807, 2.05) is 30.3 Å². The highest BCUT2D eigenvalue weighted by Crippen LogP contribution is 2.22. The lowest BCUT2D eigenvalue weighted by Crippen LogP contribution is -2.23. The zero-order valence-electron chi connectivity index (χ0n) is 12.1. The van der Waals surface area contributed by atoms with Crippen molar-refractivity contribution in [3.8, 4) is 17.3 Å². The fourth-order valence-corrected chi connectivity index (χ4v) is 2.39. The number of carboxylic acid groups (broad SMARTS) is 1. The first-order valence-corrected chi connectivity index (χ1v) is 6.98. The number of carbonyl (C=O) groups is 1. The van der Waals surface area contributed by atoms with Gasteiger partial charge in [0, 0.05) is 18.3 Å². The zero-order chi connectivity index (χ0) is 16.2. The van der Waals surface area contributed by atoms with Crippen molar-refractivity contribution in [2.24, 2.45) is 0 Å². The van der Waals surface area contributed by atoms with E-state index in [0.717, 1.165) is 16.8 Å². The molecule has 1 aromatic carbocycles. The smallest absolute Gasteiger partial charge is 0.404 e. The first-order valence-electron chi connectivity index (χ1n) is 6.98. The molecule has 0 radical (unpaired) electrons. The average molecular weight is 307 g/mol. The molecule has 7 heteroatoms. The molecule has 3 rings (SSSR count). The molecule has 0 unspecified atom stereocenters. The molecule has 0 aliphatic carbocycles. The molecule has 114 valence electrons. The number of nitriles is 1. The van der Waals surface area contributed by atoms with Crippen molar-refractivity contribution in [1.29, 1.82) is 5.26 Å². The van der Waals surface area contributed by atoms with Crippen LogP contribution in [0.15, 0.2) is 42.7 Å². The number of rotatable bonds is 4. The van der Waals surface area contributed by atoms with E-state index in [4.69, 9.17) is 10.4 Å². The lowest BCUT2D eigenvalue weighted by atomic mass is 10.1. The van der Waals surface area contributed by atoms with E-state index >= 15 is 0 Å². The van der Waals surface area contributed by atoms with E-state index < -0.39 is 6.09 Å². The van der Waals surface area contributed by atoms with Gasteiger partial charge < -0.3 is 10.4 Å². The Morgan fingerprint density at radius 3 is 3.04 bits per heavy atom. The van der Waals surface area contributed by atoms with Gasteiger partial charge in [0.1, 0.15) is 11.6 Å². The van der Waals surface area contributed by atoms with Crippen LogP contribution in [0.2, 0.25) is 0 Å². The van der Waals surface area contributed by atoms with Crippen molar-refractivity contribution in [3.05, 3.63) is 53.9 Å². The Morgan fingerprint density at radius 2 is 2.26 bits per heavy atom. The maximum absolute atomic E-state index is 10.5. The van der Waals surface area contributed by atoms with Gasteiger partial charge in [-0.3, -0.25) is 0 Å². The predicted octanol–water partition coefficient (Wildman–Crippen LogP) is 2.08. The molecule has 2 aromatic heterocycles. The summed E-state index contributed by atoms with van der Waals surface area (Å²) in [4.78, 5) is 14.7. The van der Waals surface area contributed by atoms with Crippen LogP contribution in [0, 0.1) is 11.3 Å². The quantitative estimate of drug-likeness (QED) is 0.768. The van der Waals surface area contributed by atoms with Gasteiger partial charge in [-0.2, -0.15) is 10.4 Å². The molecule has 0 spiro atoms. The second-order valence-electron chi connectivity index (χ2n) is 4.92. The predicted molar refractivity (Wildman–Crippen MR) is 82.9 cm³/mol. The number of hydrogen-bond donors (Lipinski definition) is 2. The summed E-state index contributed by atoms with van der Waals surface area (Å²) >= 11 is 0. The van der Waals surface area contributed by atoms with Crippen LogP contribution in [0.25, 0.3) is 16.9 Å². The topological polar surface area (TPSA) is 103 Å². The Hall–Kier alpha value is -3.40. The van der Waals surface area contributed by atoms with Crippen molar-refractivity contribution in [2.45, 2.75) is 6.42 Å². The van der Waals surface area contributed by atoms with Crippen molar-refractivity contribution < 1.29 is 9.90 Å². The van der Waals surface area contributed by atoms with Gasteiger partial charge in [-0.1, -0.05) is 18.2 Å².